The number of aromatic nitrogens is 1. The predicted molar refractivity (Wildman–Crippen MR) is 98.5 cm³/mol. The Hall–Kier alpha value is -3.13. The van der Waals surface area contributed by atoms with Crippen molar-refractivity contribution in [1.82, 2.24) is 15.2 Å². The summed E-state index contributed by atoms with van der Waals surface area (Å²) >= 11 is 0. The predicted octanol–water partition coefficient (Wildman–Crippen LogP) is 2.02. The summed E-state index contributed by atoms with van der Waals surface area (Å²) in [7, 11) is 0. The lowest BCUT2D eigenvalue weighted by Crippen LogP contribution is -2.33. The third-order valence-electron chi connectivity index (χ3n) is 5.15. The first-order chi connectivity index (χ1) is 13.7. The third kappa shape index (κ3) is 2.95. The van der Waals surface area contributed by atoms with E-state index in [1.807, 2.05) is 0 Å². The zero-order valence-corrected chi connectivity index (χ0v) is 15.2. The number of ketones is 2. The fraction of sp³-hybridized carbons (Fsp3) is 0.350. The van der Waals surface area contributed by atoms with Crippen molar-refractivity contribution in [3.8, 4) is 23.0 Å². The number of ether oxygens (including phenoxy) is 2. The van der Waals surface area contributed by atoms with Gasteiger partial charge >= 0.3 is 0 Å². The van der Waals surface area contributed by atoms with Crippen molar-refractivity contribution in [1.29, 1.82) is 0 Å². The molecule has 8 nitrogen and oxygen atoms in total. The van der Waals surface area contributed by atoms with Gasteiger partial charge in [0, 0.05) is 24.7 Å². The first-order valence-electron chi connectivity index (χ1n) is 9.37. The van der Waals surface area contributed by atoms with Crippen LogP contribution in [-0.2, 0) is 0 Å². The van der Waals surface area contributed by atoms with Gasteiger partial charge < -0.3 is 24.1 Å². The normalized spacial score (nSPS) is 18.4. The maximum atomic E-state index is 12.7. The highest BCUT2D eigenvalue weighted by Crippen LogP contribution is 2.36. The van der Waals surface area contributed by atoms with Gasteiger partial charge in [0.15, 0.2) is 17.2 Å². The summed E-state index contributed by atoms with van der Waals surface area (Å²) in [5, 5.41) is 3.08. The maximum Gasteiger partial charge on any atom is 0.246 e. The Balaban J connectivity index is 1.34. The Morgan fingerprint density at radius 2 is 1.93 bits per heavy atom. The molecule has 5 rings (SSSR count). The molecule has 0 radical (unpaired) electrons. The molecule has 3 aliphatic rings. The summed E-state index contributed by atoms with van der Waals surface area (Å²) in [5.74, 6) is 0.706. The lowest BCUT2D eigenvalue weighted by atomic mass is 10.0. The molecule has 1 aromatic carbocycles. The van der Waals surface area contributed by atoms with Crippen LogP contribution in [0.3, 0.4) is 0 Å². The van der Waals surface area contributed by atoms with E-state index < -0.39 is 0 Å². The molecule has 144 valence electrons. The molecule has 1 aromatic heterocycles. The first kappa shape index (κ1) is 17.0. The van der Waals surface area contributed by atoms with E-state index >= 15 is 0 Å². The number of carbonyl (C=O) groups is 2. The molecular weight excluding hydrogens is 362 g/mol. The van der Waals surface area contributed by atoms with E-state index in [1.165, 1.54) is 18.9 Å². The SMILES string of the molecule is O=C1C=C(NCCN2CCCC2)C(=O)c2oc(-c3ccc4c(c3)OCO4)nc21. The number of carbonyl (C=O) groups excluding carboxylic acids is 2. The number of benzene rings is 1. The van der Waals surface area contributed by atoms with Gasteiger partial charge in [-0.1, -0.05) is 0 Å². The van der Waals surface area contributed by atoms with Gasteiger partial charge in [-0.3, -0.25) is 9.59 Å². The second kappa shape index (κ2) is 6.79. The van der Waals surface area contributed by atoms with Crippen LogP contribution in [0, 0.1) is 0 Å². The van der Waals surface area contributed by atoms with E-state index in [9.17, 15) is 9.59 Å². The molecular formula is C20H19N3O5. The molecule has 0 saturated carbocycles. The fourth-order valence-electron chi connectivity index (χ4n) is 3.67. The van der Waals surface area contributed by atoms with Gasteiger partial charge in [0.25, 0.3) is 0 Å². The van der Waals surface area contributed by atoms with E-state index in [0.717, 1.165) is 19.6 Å². The summed E-state index contributed by atoms with van der Waals surface area (Å²) < 4.78 is 16.3. The van der Waals surface area contributed by atoms with Crippen molar-refractivity contribution >= 4 is 11.6 Å². The minimum Gasteiger partial charge on any atom is -0.454 e. The quantitative estimate of drug-likeness (QED) is 0.841. The van der Waals surface area contributed by atoms with Crippen molar-refractivity contribution in [2.24, 2.45) is 0 Å². The van der Waals surface area contributed by atoms with Crippen molar-refractivity contribution < 1.29 is 23.5 Å². The zero-order valence-electron chi connectivity index (χ0n) is 15.2. The summed E-state index contributed by atoms with van der Waals surface area (Å²) in [6.07, 6.45) is 3.73. The Kier molecular flexibility index (Phi) is 4.12. The standard InChI is InChI=1S/C20H19N3O5/c24-14-10-13(21-5-8-23-6-1-2-7-23)18(25)19-17(14)22-20(28-19)12-3-4-15-16(9-12)27-11-26-15/h3-4,9-10,21H,1-2,5-8,11H2. The van der Waals surface area contributed by atoms with E-state index in [-0.39, 0.29) is 41.4 Å². The van der Waals surface area contributed by atoms with Gasteiger partial charge in [0.1, 0.15) is 0 Å². The number of rotatable bonds is 5. The van der Waals surface area contributed by atoms with E-state index in [2.05, 4.69) is 15.2 Å². The number of likely N-dealkylation sites (tertiary alicyclic amines) is 1. The van der Waals surface area contributed by atoms with Crippen LogP contribution in [0.5, 0.6) is 11.5 Å². The van der Waals surface area contributed by atoms with Gasteiger partial charge in [0.2, 0.25) is 30.0 Å². The van der Waals surface area contributed by atoms with Gasteiger partial charge in [0.05, 0.1) is 5.70 Å². The van der Waals surface area contributed by atoms with Crippen molar-refractivity contribution in [3.05, 3.63) is 41.4 Å². The van der Waals surface area contributed by atoms with Gasteiger partial charge in [-0.05, 0) is 44.1 Å². The Morgan fingerprint density at radius 1 is 1.11 bits per heavy atom. The number of hydrogen-bond acceptors (Lipinski definition) is 8. The summed E-state index contributed by atoms with van der Waals surface area (Å²) in [4.78, 5) is 31.8. The number of Topliss-reactive ketones (excluding diaryl/α,β-unsaturated/α-hetero) is 1. The van der Waals surface area contributed by atoms with Crippen LogP contribution in [-0.4, -0.2) is 54.4 Å². The molecule has 1 N–H and O–H groups in total. The van der Waals surface area contributed by atoms with Gasteiger partial charge in [-0.2, -0.15) is 0 Å². The minimum absolute atomic E-state index is 0.0242. The lowest BCUT2D eigenvalue weighted by Gasteiger charge is -2.17. The first-order valence-corrected chi connectivity index (χ1v) is 9.37. The monoisotopic (exact) mass is 381 g/mol. The summed E-state index contributed by atoms with van der Waals surface area (Å²) in [6, 6.07) is 5.22. The zero-order chi connectivity index (χ0) is 19.1. The highest BCUT2D eigenvalue weighted by Gasteiger charge is 2.32. The average molecular weight is 381 g/mol. The largest absolute Gasteiger partial charge is 0.454 e. The van der Waals surface area contributed by atoms with Crippen LogP contribution in [0.2, 0.25) is 0 Å². The lowest BCUT2D eigenvalue weighted by molar-refractivity contribution is 0.0956. The molecule has 1 saturated heterocycles. The molecule has 8 heteroatoms. The van der Waals surface area contributed by atoms with Crippen molar-refractivity contribution in [2.75, 3.05) is 33.0 Å². The van der Waals surface area contributed by atoms with Gasteiger partial charge in [-0.25, -0.2) is 4.98 Å². The van der Waals surface area contributed by atoms with Gasteiger partial charge in [-0.15, -0.1) is 0 Å². The molecule has 1 aliphatic carbocycles. The van der Waals surface area contributed by atoms with Crippen LogP contribution in [0.25, 0.3) is 11.5 Å². The Labute approximate surface area is 161 Å². The van der Waals surface area contributed by atoms with Crippen molar-refractivity contribution in [2.45, 2.75) is 12.8 Å². The molecule has 28 heavy (non-hydrogen) atoms. The van der Waals surface area contributed by atoms with Crippen LogP contribution in [0.15, 0.2) is 34.4 Å². The van der Waals surface area contributed by atoms with Crippen LogP contribution >= 0.6 is 0 Å². The second-order valence-electron chi connectivity index (χ2n) is 6.99. The number of nitrogens with one attached hydrogen (secondary N) is 1. The fourth-order valence-corrected chi connectivity index (χ4v) is 3.67. The van der Waals surface area contributed by atoms with Crippen LogP contribution in [0.4, 0.5) is 0 Å². The van der Waals surface area contributed by atoms with Crippen LogP contribution < -0.4 is 14.8 Å². The number of allylic oxidation sites excluding steroid dienone is 2. The molecule has 0 bridgehead atoms. The van der Waals surface area contributed by atoms with E-state index in [1.54, 1.807) is 18.2 Å². The smallest absolute Gasteiger partial charge is 0.246 e. The topological polar surface area (TPSA) is 93.9 Å². The number of hydrogen-bond donors (Lipinski definition) is 1. The second-order valence-corrected chi connectivity index (χ2v) is 6.99. The average Bonchev–Trinajstić information content (AvgIpc) is 3.45. The molecule has 0 amide bonds. The molecule has 2 aromatic rings. The maximum absolute atomic E-state index is 12.7. The van der Waals surface area contributed by atoms with E-state index in [4.69, 9.17) is 13.9 Å². The summed E-state index contributed by atoms with van der Waals surface area (Å²) in [5.41, 5.74) is 0.913. The summed E-state index contributed by atoms with van der Waals surface area (Å²) in [6.45, 7) is 3.76. The third-order valence-corrected chi connectivity index (χ3v) is 5.15. The van der Waals surface area contributed by atoms with E-state index in [0.29, 0.717) is 23.6 Å². The van der Waals surface area contributed by atoms with Crippen LogP contribution in [0.1, 0.15) is 33.9 Å². The molecule has 0 spiro atoms. The Bertz CT molecular complexity index is 988. The highest BCUT2D eigenvalue weighted by atomic mass is 16.7. The van der Waals surface area contributed by atoms with Crippen molar-refractivity contribution in [3.63, 3.8) is 0 Å². The molecule has 1 fully saturated rings. The molecule has 0 atom stereocenters. The minimum atomic E-state index is -0.351. The molecule has 3 heterocycles. The highest BCUT2D eigenvalue weighted by molar-refractivity contribution is 6.22. The number of oxazole rings is 1. The molecule has 0 unspecified atom stereocenters. The Morgan fingerprint density at radius 3 is 2.79 bits per heavy atom. The number of fused-ring (bicyclic) bond motifs is 2. The number of nitrogens with zero attached hydrogens (tertiary/aromatic N) is 2. The molecule has 2 aliphatic heterocycles.